The number of nitrogens with one attached hydrogen (secondary N) is 1. The Morgan fingerprint density at radius 3 is 2.53 bits per heavy atom. The van der Waals surface area contributed by atoms with Crippen LogP contribution in [0.15, 0.2) is 58.5 Å². The minimum Gasteiger partial charge on any atom is -0.465 e. The van der Waals surface area contributed by atoms with Crippen molar-refractivity contribution in [1.29, 1.82) is 0 Å². The molecule has 3 rings (SSSR count). The minimum absolute atomic E-state index is 0.168. The standard InChI is InChI=1S/C21H23N5O4S2/c1-4-25(5-2)32(28,29)18-8-6-7-17(13-18)19-23-24-21(31)26(19)22-14-15-9-11-16(12-10-15)20(27)30-3/h6-14H,4-5H2,1-3H3,(H,24,31)/b22-14-. The lowest BCUT2D eigenvalue weighted by Gasteiger charge is -2.18. The number of nitrogens with zero attached hydrogens (tertiary/aromatic N) is 4. The van der Waals surface area contributed by atoms with E-state index in [1.807, 2.05) is 0 Å². The average molecular weight is 474 g/mol. The van der Waals surface area contributed by atoms with E-state index in [2.05, 4.69) is 20.0 Å². The third-order valence-corrected chi connectivity index (χ3v) is 7.05. The smallest absolute Gasteiger partial charge is 0.337 e. The van der Waals surface area contributed by atoms with Gasteiger partial charge in [0.05, 0.1) is 23.8 Å². The second-order valence-corrected chi connectivity index (χ2v) is 8.96. The number of hydrogen-bond acceptors (Lipinski definition) is 7. The van der Waals surface area contributed by atoms with Gasteiger partial charge in [-0.15, -0.1) is 0 Å². The molecule has 9 nitrogen and oxygen atoms in total. The van der Waals surface area contributed by atoms with Gasteiger partial charge in [-0.05, 0) is 42.0 Å². The second-order valence-electron chi connectivity index (χ2n) is 6.64. The summed E-state index contributed by atoms with van der Waals surface area (Å²) in [6, 6.07) is 13.2. The maximum absolute atomic E-state index is 12.9. The molecule has 1 heterocycles. The molecule has 11 heteroatoms. The summed E-state index contributed by atoms with van der Waals surface area (Å²) in [4.78, 5) is 11.7. The van der Waals surface area contributed by atoms with Crippen LogP contribution in [0.3, 0.4) is 0 Å². The van der Waals surface area contributed by atoms with Gasteiger partial charge in [0.15, 0.2) is 5.82 Å². The third-order valence-electron chi connectivity index (χ3n) is 4.74. The molecule has 0 fully saturated rings. The molecule has 0 aliphatic heterocycles. The summed E-state index contributed by atoms with van der Waals surface area (Å²) in [5.74, 6) is -0.0543. The van der Waals surface area contributed by atoms with Crippen LogP contribution in [0.5, 0.6) is 0 Å². The zero-order valence-corrected chi connectivity index (χ0v) is 19.5. The van der Waals surface area contributed by atoms with Crippen molar-refractivity contribution in [2.45, 2.75) is 18.7 Å². The Balaban J connectivity index is 1.95. The Hall–Kier alpha value is -3.15. The van der Waals surface area contributed by atoms with Crippen molar-refractivity contribution in [2.75, 3.05) is 20.2 Å². The maximum atomic E-state index is 12.9. The molecule has 1 aromatic heterocycles. The summed E-state index contributed by atoms with van der Waals surface area (Å²) in [6.45, 7) is 4.34. The number of rotatable bonds is 8. The minimum atomic E-state index is -3.62. The normalized spacial score (nSPS) is 11.9. The first kappa shape index (κ1) is 23.5. The monoisotopic (exact) mass is 473 g/mol. The lowest BCUT2D eigenvalue weighted by atomic mass is 10.1. The molecular weight excluding hydrogens is 450 g/mol. The summed E-state index contributed by atoms with van der Waals surface area (Å²) in [6.07, 6.45) is 1.56. The first-order chi connectivity index (χ1) is 15.3. The van der Waals surface area contributed by atoms with E-state index in [0.717, 1.165) is 5.56 Å². The Labute approximate surface area is 191 Å². The summed E-state index contributed by atoms with van der Waals surface area (Å²) >= 11 is 5.29. The number of H-pyrrole nitrogens is 1. The fourth-order valence-electron chi connectivity index (χ4n) is 3.04. The van der Waals surface area contributed by atoms with Crippen molar-refractivity contribution in [3.63, 3.8) is 0 Å². The molecule has 0 saturated carbocycles. The van der Waals surface area contributed by atoms with E-state index < -0.39 is 16.0 Å². The number of esters is 1. The SMILES string of the molecule is CCN(CC)S(=O)(=O)c1cccc(-c2n[nH]c(=S)n2/N=C\c2ccc(C(=O)OC)cc2)c1. The van der Waals surface area contributed by atoms with E-state index >= 15 is 0 Å². The van der Waals surface area contributed by atoms with E-state index in [-0.39, 0.29) is 9.67 Å². The van der Waals surface area contributed by atoms with Crippen LogP contribution in [0.4, 0.5) is 0 Å². The predicted octanol–water partition coefficient (Wildman–Crippen LogP) is 3.31. The molecule has 0 amide bonds. The van der Waals surface area contributed by atoms with Gasteiger partial charge in [0.25, 0.3) is 0 Å². The van der Waals surface area contributed by atoms with Crippen molar-refractivity contribution in [3.05, 3.63) is 64.4 Å². The molecule has 0 unspecified atom stereocenters. The molecule has 0 radical (unpaired) electrons. The highest BCUT2D eigenvalue weighted by Gasteiger charge is 2.22. The molecular formula is C21H23N5O4S2. The molecule has 0 atom stereocenters. The van der Waals surface area contributed by atoms with Crippen LogP contribution >= 0.6 is 12.2 Å². The highest BCUT2D eigenvalue weighted by Crippen LogP contribution is 2.23. The van der Waals surface area contributed by atoms with E-state index in [0.29, 0.717) is 30.0 Å². The van der Waals surface area contributed by atoms with Gasteiger partial charge in [-0.1, -0.05) is 38.1 Å². The molecule has 0 bridgehead atoms. The predicted molar refractivity (Wildman–Crippen MR) is 124 cm³/mol. The van der Waals surface area contributed by atoms with Gasteiger partial charge in [0, 0.05) is 18.7 Å². The summed E-state index contributed by atoms with van der Waals surface area (Å²) in [5, 5.41) is 11.3. The van der Waals surface area contributed by atoms with Crippen LogP contribution in [0.1, 0.15) is 29.8 Å². The van der Waals surface area contributed by atoms with Gasteiger partial charge in [0.2, 0.25) is 14.8 Å². The molecule has 3 aromatic rings. The Morgan fingerprint density at radius 2 is 1.91 bits per heavy atom. The van der Waals surface area contributed by atoms with Crippen LogP contribution < -0.4 is 0 Å². The summed E-state index contributed by atoms with van der Waals surface area (Å²) in [7, 11) is -2.30. The van der Waals surface area contributed by atoms with Crippen LogP contribution in [-0.4, -0.2) is 60.0 Å². The molecule has 2 aromatic carbocycles. The first-order valence-corrected chi connectivity index (χ1v) is 11.7. The molecule has 1 N–H and O–H groups in total. The number of sulfonamides is 1. The third kappa shape index (κ3) is 4.85. The fraction of sp³-hybridized carbons (Fsp3) is 0.238. The number of hydrogen-bond donors (Lipinski definition) is 1. The Morgan fingerprint density at radius 1 is 1.22 bits per heavy atom. The molecule has 32 heavy (non-hydrogen) atoms. The largest absolute Gasteiger partial charge is 0.465 e. The number of carbonyl (C=O) groups excluding carboxylic acids is 1. The second kappa shape index (κ2) is 9.98. The molecule has 0 aliphatic carbocycles. The quantitative estimate of drug-likeness (QED) is 0.305. The van der Waals surface area contributed by atoms with Crippen LogP contribution in [0, 0.1) is 4.77 Å². The van der Waals surface area contributed by atoms with Crippen molar-refractivity contribution in [2.24, 2.45) is 5.10 Å². The summed E-state index contributed by atoms with van der Waals surface area (Å²) in [5.41, 5.74) is 1.70. The number of benzene rings is 2. The molecule has 168 valence electrons. The zero-order chi connectivity index (χ0) is 23.3. The van der Waals surface area contributed by atoms with E-state index in [9.17, 15) is 13.2 Å². The number of methoxy groups -OCH3 is 1. The molecule has 0 spiro atoms. The van der Waals surface area contributed by atoms with Crippen molar-refractivity contribution >= 4 is 34.4 Å². The molecule has 0 aliphatic rings. The van der Waals surface area contributed by atoms with E-state index in [1.54, 1.807) is 68.6 Å². The van der Waals surface area contributed by atoms with Gasteiger partial charge in [-0.3, -0.25) is 0 Å². The van der Waals surface area contributed by atoms with Crippen molar-refractivity contribution in [3.8, 4) is 11.4 Å². The number of carbonyl (C=O) groups is 1. The number of ether oxygens (including phenoxy) is 1. The fourth-order valence-corrected chi connectivity index (χ4v) is 4.73. The number of aromatic amines is 1. The highest BCUT2D eigenvalue weighted by molar-refractivity contribution is 7.89. The van der Waals surface area contributed by atoms with Gasteiger partial charge in [-0.25, -0.2) is 18.3 Å². The van der Waals surface area contributed by atoms with E-state index in [4.69, 9.17) is 12.2 Å². The van der Waals surface area contributed by atoms with Gasteiger partial charge in [0.1, 0.15) is 0 Å². The number of aromatic nitrogens is 3. The average Bonchev–Trinajstić information content (AvgIpc) is 3.18. The Bertz CT molecular complexity index is 1290. The van der Waals surface area contributed by atoms with Crippen molar-refractivity contribution < 1.29 is 17.9 Å². The van der Waals surface area contributed by atoms with E-state index in [1.165, 1.54) is 16.1 Å². The summed E-state index contributed by atoms with van der Waals surface area (Å²) < 4.78 is 33.5. The van der Waals surface area contributed by atoms with Gasteiger partial charge in [-0.2, -0.15) is 19.2 Å². The van der Waals surface area contributed by atoms with Gasteiger partial charge < -0.3 is 4.74 Å². The zero-order valence-electron chi connectivity index (χ0n) is 17.8. The van der Waals surface area contributed by atoms with Crippen LogP contribution in [-0.2, 0) is 14.8 Å². The molecule has 0 saturated heterocycles. The topological polar surface area (TPSA) is 110 Å². The first-order valence-electron chi connectivity index (χ1n) is 9.82. The lowest BCUT2D eigenvalue weighted by molar-refractivity contribution is 0.0600. The Kier molecular flexibility index (Phi) is 7.33. The van der Waals surface area contributed by atoms with Gasteiger partial charge >= 0.3 is 5.97 Å². The maximum Gasteiger partial charge on any atom is 0.337 e. The van der Waals surface area contributed by atoms with Crippen molar-refractivity contribution in [1.82, 2.24) is 19.2 Å². The highest BCUT2D eigenvalue weighted by atomic mass is 32.2. The van der Waals surface area contributed by atoms with Crippen LogP contribution in [0.2, 0.25) is 0 Å². The lowest BCUT2D eigenvalue weighted by Crippen LogP contribution is -2.30. The van der Waals surface area contributed by atoms with Crippen LogP contribution in [0.25, 0.3) is 11.4 Å².